The van der Waals surface area contributed by atoms with Crippen molar-refractivity contribution in [1.29, 1.82) is 0 Å². The number of rotatable bonds is 2. The summed E-state index contributed by atoms with van der Waals surface area (Å²) in [7, 11) is 1.73. The van der Waals surface area contributed by atoms with Crippen LogP contribution in [0.5, 0.6) is 5.75 Å². The Balaban J connectivity index is 2.25. The number of piperidine rings is 1. The molecule has 82 valence electrons. The average molecular weight is 270 g/mol. The van der Waals surface area contributed by atoms with E-state index in [9.17, 15) is 0 Å². The summed E-state index contributed by atoms with van der Waals surface area (Å²) in [4.78, 5) is 0. The number of hydrogen-bond acceptors (Lipinski definition) is 2. The van der Waals surface area contributed by atoms with Crippen molar-refractivity contribution in [3.63, 3.8) is 0 Å². The van der Waals surface area contributed by atoms with E-state index in [0.29, 0.717) is 6.04 Å². The lowest BCUT2D eigenvalue weighted by molar-refractivity contribution is 0.373. The zero-order chi connectivity index (χ0) is 10.7. The lowest BCUT2D eigenvalue weighted by Crippen LogP contribution is -2.27. The zero-order valence-corrected chi connectivity index (χ0v) is 10.5. The van der Waals surface area contributed by atoms with Gasteiger partial charge in [-0.3, -0.25) is 0 Å². The number of nitrogens with one attached hydrogen (secondary N) is 1. The van der Waals surface area contributed by atoms with E-state index >= 15 is 0 Å². The highest BCUT2D eigenvalue weighted by molar-refractivity contribution is 9.10. The summed E-state index contributed by atoms with van der Waals surface area (Å²) >= 11 is 3.46. The second-order valence-electron chi connectivity index (χ2n) is 3.89. The molecule has 1 heterocycles. The van der Waals surface area contributed by atoms with Gasteiger partial charge < -0.3 is 10.1 Å². The van der Waals surface area contributed by atoms with Crippen LogP contribution in [0.25, 0.3) is 0 Å². The van der Waals surface area contributed by atoms with Gasteiger partial charge in [0, 0.05) is 16.1 Å². The Labute approximate surface area is 99.1 Å². The second kappa shape index (κ2) is 4.99. The zero-order valence-electron chi connectivity index (χ0n) is 8.92. The summed E-state index contributed by atoms with van der Waals surface area (Å²) in [6.45, 7) is 1.11. The smallest absolute Gasteiger partial charge is 0.124 e. The van der Waals surface area contributed by atoms with Gasteiger partial charge in [0.2, 0.25) is 0 Å². The number of ether oxygens (including phenoxy) is 1. The van der Waals surface area contributed by atoms with Gasteiger partial charge in [-0.05, 0) is 31.5 Å². The van der Waals surface area contributed by atoms with Crippen LogP contribution in [0.15, 0.2) is 22.7 Å². The van der Waals surface area contributed by atoms with E-state index in [2.05, 4.69) is 33.4 Å². The normalized spacial score (nSPS) is 21.3. The molecule has 1 aromatic carbocycles. The predicted molar refractivity (Wildman–Crippen MR) is 65.3 cm³/mol. The molecule has 1 atom stereocenters. The van der Waals surface area contributed by atoms with Crippen LogP contribution >= 0.6 is 15.9 Å². The first-order valence-electron chi connectivity index (χ1n) is 5.38. The molecule has 0 aromatic heterocycles. The minimum Gasteiger partial charge on any atom is -0.496 e. The van der Waals surface area contributed by atoms with Crippen molar-refractivity contribution in [3.05, 3.63) is 28.2 Å². The van der Waals surface area contributed by atoms with E-state index in [1.165, 1.54) is 24.8 Å². The Bertz CT molecular complexity index is 334. The summed E-state index contributed by atoms with van der Waals surface area (Å²) in [5.74, 6) is 0.976. The van der Waals surface area contributed by atoms with Gasteiger partial charge in [-0.2, -0.15) is 0 Å². The number of methoxy groups -OCH3 is 1. The van der Waals surface area contributed by atoms with E-state index in [0.717, 1.165) is 16.8 Å². The lowest BCUT2D eigenvalue weighted by atomic mass is 9.97. The molecule has 1 aliphatic heterocycles. The number of hydrogen-bond donors (Lipinski definition) is 1. The first kappa shape index (κ1) is 11.0. The largest absolute Gasteiger partial charge is 0.496 e. The minimum atomic E-state index is 0.460. The molecule has 0 saturated carbocycles. The van der Waals surface area contributed by atoms with Crippen LogP contribution in [0.4, 0.5) is 0 Å². The van der Waals surface area contributed by atoms with Crippen molar-refractivity contribution in [3.8, 4) is 5.75 Å². The van der Waals surface area contributed by atoms with Gasteiger partial charge >= 0.3 is 0 Å². The van der Waals surface area contributed by atoms with E-state index < -0.39 is 0 Å². The second-order valence-corrected chi connectivity index (χ2v) is 4.80. The van der Waals surface area contributed by atoms with Crippen molar-refractivity contribution in [2.24, 2.45) is 0 Å². The molecule has 0 bridgehead atoms. The van der Waals surface area contributed by atoms with Crippen LogP contribution in [0, 0.1) is 0 Å². The highest BCUT2D eigenvalue weighted by Gasteiger charge is 2.18. The predicted octanol–water partition coefficient (Wildman–Crippen LogP) is 3.27. The summed E-state index contributed by atoms with van der Waals surface area (Å²) in [6.07, 6.45) is 3.80. The van der Waals surface area contributed by atoms with E-state index in [4.69, 9.17) is 4.74 Å². The molecule has 2 nitrogen and oxygen atoms in total. The fourth-order valence-corrected chi connectivity index (χ4v) is 2.43. The van der Waals surface area contributed by atoms with Gasteiger partial charge in [-0.15, -0.1) is 0 Å². The molecule has 0 aliphatic carbocycles. The molecule has 0 radical (unpaired) electrons. The third kappa shape index (κ3) is 2.52. The van der Waals surface area contributed by atoms with Crippen LogP contribution < -0.4 is 10.1 Å². The standard InChI is InChI=1S/C12H16BrNO/c1-15-12-8-9(13)5-6-10(12)11-4-2-3-7-14-11/h5-6,8,11,14H,2-4,7H2,1H3. The highest BCUT2D eigenvalue weighted by Crippen LogP contribution is 2.32. The average Bonchev–Trinajstić information content (AvgIpc) is 2.30. The molecule has 0 spiro atoms. The Kier molecular flexibility index (Phi) is 3.65. The van der Waals surface area contributed by atoms with Gasteiger partial charge in [0.15, 0.2) is 0 Å². The van der Waals surface area contributed by atoms with Crippen LogP contribution in [-0.4, -0.2) is 13.7 Å². The van der Waals surface area contributed by atoms with Gasteiger partial charge in [-0.25, -0.2) is 0 Å². The quantitative estimate of drug-likeness (QED) is 0.890. The topological polar surface area (TPSA) is 21.3 Å². The highest BCUT2D eigenvalue weighted by atomic mass is 79.9. The van der Waals surface area contributed by atoms with Crippen molar-refractivity contribution in [1.82, 2.24) is 5.32 Å². The van der Waals surface area contributed by atoms with Crippen molar-refractivity contribution in [2.45, 2.75) is 25.3 Å². The maximum atomic E-state index is 5.41. The number of benzene rings is 1. The van der Waals surface area contributed by atoms with E-state index in [-0.39, 0.29) is 0 Å². The molecule has 1 saturated heterocycles. The first-order chi connectivity index (χ1) is 7.31. The van der Waals surface area contributed by atoms with Gasteiger partial charge in [-0.1, -0.05) is 28.4 Å². The minimum absolute atomic E-state index is 0.460. The summed E-state index contributed by atoms with van der Waals surface area (Å²) in [5.41, 5.74) is 1.28. The number of halogens is 1. The molecular weight excluding hydrogens is 254 g/mol. The fraction of sp³-hybridized carbons (Fsp3) is 0.500. The van der Waals surface area contributed by atoms with Crippen LogP contribution in [-0.2, 0) is 0 Å². The van der Waals surface area contributed by atoms with Crippen molar-refractivity contribution >= 4 is 15.9 Å². The maximum Gasteiger partial charge on any atom is 0.124 e. The van der Waals surface area contributed by atoms with E-state index in [1.54, 1.807) is 7.11 Å². The SMILES string of the molecule is COc1cc(Br)ccc1C1CCCCN1. The molecule has 1 aromatic rings. The Morgan fingerprint density at radius 3 is 2.93 bits per heavy atom. The van der Waals surface area contributed by atoms with Crippen LogP contribution in [0.2, 0.25) is 0 Å². The van der Waals surface area contributed by atoms with E-state index in [1.807, 2.05) is 6.07 Å². The Hall–Kier alpha value is -0.540. The van der Waals surface area contributed by atoms with Crippen molar-refractivity contribution < 1.29 is 4.74 Å². The van der Waals surface area contributed by atoms with Crippen LogP contribution in [0.3, 0.4) is 0 Å². The lowest BCUT2D eigenvalue weighted by Gasteiger charge is -2.25. The molecular formula is C12H16BrNO. The summed E-state index contributed by atoms with van der Waals surface area (Å²) < 4.78 is 6.48. The van der Waals surface area contributed by atoms with Gasteiger partial charge in [0.1, 0.15) is 5.75 Å². The monoisotopic (exact) mass is 269 g/mol. The Morgan fingerprint density at radius 2 is 2.27 bits per heavy atom. The maximum absolute atomic E-state index is 5.41. The molecule has 15 heavy (non-hydrogen) atoms. The molecule has 2 rings (SSSR count). The molecule has 1 N–H and O–H groups in total. The van der Waals surface area contributed by atoms with Gasteiger partial charge in [0.25, 0.3) is 0 Å². The first-order valence-corrected chi connectivity index (χ1v) is 6.17. The third-order valence-corrected chi connectivity index (χ3v) is 3.37. The van der Waals surface area contributed by atoms with Crippen molar-refractivity contribution in [2.75, 3.05) is 13.7 Å². The van der Waals surface area contributed by atoms with Gasteiger partial charge in [0.05, 0.1) is 7.11 Å². The summed E-state index contributed by atoms with van der Waals surface area (Å²) in [5, 5.41) is 3.53. The molecule has 1 aliphatic rings. The van der Waals surface area contributed by atoms with Crippen LogP contribution in [0.1, 0.15) is 30.9 Å². The molecule has 1 fully saturated rings. The molecule has 3 heteroatoms. The fourth-order valence-electron chi connectivity index (χ4n) is 2.09. The molecule has 0 amide bonds. The Morgan fingerprint density at radius 1 is 1.40 bits per heavy atom. The molecule has 1 unspecified atom stereocenters. The third-order valence-electron chi connectivity index (χ3n) is 2.88. The summed E-state index contributed by atoms with van der Waals surface area (Å²) in [6, 6.07) is 6.72.